The van der Waals surface area contributed by atoms with Crippen LogP contribution in [0.1, 0.15) is 61.7 Å². The van der Waals surface area contributed by atoms with Crippen LogP contribution in [0.5, 0.6) is 0 Å². The number of aromatic nitrogens is 2. The molecule has 7 heteroatoms. The maximum atomic E-state index is 12.6. The number of aromatic amines is 1. The number of hydrogen-bond acceptors (Lipinski definition) is 5. The van der Waals surface area contributed by atoms with E-state index in [-0.39, 0.29) is 23.6 Å². The molecule has 2 aliphatic carbocycles. The number of nitrogens with two attached hydrogens (primary N) is 1. The summed E-state index contributed by atoms with van der Waals surface area (Å²) in [7, 11) is 0. The Morgan fingerprint density at radius 3 is 2.85 bits per heavy atom. The summed E-state index contributed by atoms with van der Waals surface area (Å²) in [5.74, 6) is 1.31. The van der Waals surface area contributed by atoms with Crippen molar-refractivity contribution in [2.24, 2.45) is 11.7 Å². The molecule has 4 N–H and O–H groups in total. The van der Waals surface area contributed by atoms with Crippen molar-refractivity contribution >= 4 is 27.5 Å². The first-order valence-electron chi connectivity index (χ1n) is 10.1. The lowest BCUT2D eigenvalue weighted by atomic mass is 9.89. The average molecular weight is 389 g/mol. The predicted molar refractivity (Wildman–Crippen MR) is 108 cm³/mol. The van der Waals surface area contributed by atoms with E-state index < -0.39 is 0 Å². The Labute approximate surface area is 163 Å². The lowest BCUT2D eigenvalue weighted by Gasteiger charge is -2.26. The minimum absolute atomic E-state index is 0.0255. The Morgan fingerprint density at radius 2 is 2.07 bits per heavy atom. The second kappa shape index (κ2) is 7.72. The molecule has 27 heavy (non-hydrogen) atoms. The Balaban J connectivity index is 1.42. The molecule has 6 nitrogen and oxygen atoms in total. The Morgan fingerprint density at radius 1 is 1.30 bits per heavy atom. The second-order valence-corrected chi connectivity index (χ2v) is 9.31. The van der Waals surface area contributed by atoms with Crippen LogP contribution in [0.3, 0.4) is 0 Å². The van der Waals surface area contributed by atoms with Crippen molar-refractivity contribution < 1.29 is 4.79 Å². The molecule has 0 bridgehead atoms. The van der Waals surface area contributed by atoms with Gasteiger partial charge in [0, 0.05) is 29.8 Å². The second-order valence-electron chi connectivity index (χ2n) is 8.22. The zero-order valence-electron chi connectivity index (χ0n) is 15.8. The van der Waals surface area contributed by atoms with Crippen molar-refractivity contribution in [1.82, 2.24) is 15.3 Å². The van der Waals surface area contributed by atoms with Gasteiger partial charge in [0.1, 0.15) is 10.7 Å². The minimum Gasteiger partial charge on any atom is -0.353 e. The number of H-pyrrole nitrogens is 1. The number of aryl methyl sites for hydroxylation is 2. The maximum Gasteiger partial charge on any atom is 0.259 e. The van der Waals surface area contributed by atoms with E-state index in [0.717, 1.165) is 55.2 Å². The van der Waals surface area contributed by atoms with Gasteiger partial charge in [0.25, 0.3) is 5.56 Å². The Hall–Kier alpha value is -1.73. The van der Waals surface area contributed by atoms with Gasteiger partial charge in [0.05, 0.1) is 5.39 Å². The first kappa shape index (κ1) is 18.6. The van der Waals surface area contributed by atoms with E-state index in [2.05, 4.69) is 22.2 Å². The summed E-state index contributed by atoms with van der Waals surface area (Å²) >= 11 is 1.65. The summed E-state index contributed by atoms with van der Waals surface area (Å²) in [6.07, 6.45) is 7.79. The minimum atomic E-state index is -0.0521. The Kier molecular flexibility index (Phi) is 5.32. The van der Waals surface area contributed by atoms with Crippen LogP contribution in [0.4, 0.5) is 0 Å². The summed E-state index contributed by atoms with van der Waals surface area (Å²) in [4.78, 5) is 34.6. The summed E-state index contributed by atoms with van der Waals surface area (Å²) in [6, 6.07) is 0.511. The smallest absolute Gasteiger partial charge is 0.259 e. The van der Waals surface area contributed by atoms with Crippen LogP contribution in [-0.4, -0.2) is 28.0 Å². The number of fused-ring (bicyclic) bond motifs is 3. The van der Waals surface area contributed by atoms with Gasteiger partial charge in [-0.05, 0) is 56.4 Å². The molecule has 1 atom stereocenters. The third-order valence-corrected chi connectivity index (χ3v) is 7.09. The van der Waals surface area contributed by atoms with Gasteiger partial charge in [-0.25, -0.2) is 4.98 Å². The number of carbonyl (C=O) groups is 1. The third kappa shape index (κ3) is 4.09. The number of nitrogens with one attached hydrogen (secondary N) is 2. The molecule has 2 aromatic rings. The summed E-state index contributed by atoms with van der Waals surface area (Å²) in [6.45, 7) is 2.26. The van der Waals surface area contributed by atoms with E-state index in [1.54, 1.807) is 11.3 Å². The Bertz CT molecular complexity index is 895. The average Bonchev–Trinajstić information content (AvgIpc) is 2.99. The zero-order chi connectivity index (χ0) is 19.0. The van der Waals surface area contributed by atoms with E-state index in [9.17, 15) is 9.59 Å². The molecule has 1 unspecified atom stereocenters. The van der Waals surface area contributed by atoms with Crippen LogP contribution in [0, 0.1) is 5.92 Å². The van der Waals surface area contributed by atoms with E-state index in [4.69, 9.17) is 5.73 Å². The quantitative estimate of drug-likeness (QED) is 0.749. The van der Waals surface area contributed by atoms with E-state index in [0.29, 0.717) is 24.6 Å². The highest BCUT2D eigenvalue weighted by atomic mass is 32.1. The normalized spacial score (nSPS) is 25.3. The fourth-order valence-electron chi connectivity index (χ4n) is 4.31. The largest absolute Gasteiger partial charge is 0.353 e. The standard InChI is InChI=1S/C20H28N4O2S/c1-11-2-7-14-15(10-11)27-20-18(14)19(26)23-16(24-20)8-9-17(25)22-13-5-3-12(21)4-6-13/h11-13H,2-10,21H2,1H3,(H,22,25)(H,23,24,26). The first-order chi connectivity index (χ1) is 13.0. The molecule has 0 saturated heterocycles. The van der Waals surface area contributed by atoms with E-state index in [1.807, 2.05) is 0 Å². The molecular weight excluding hydrogens is 360 g/mol. The van der Waals surface area contributed by atoms with Gasteiger partial charge in [-0.3, -0.25) is 9.59 Å². The summed E-state index contributed by atoms with van der Waals surface area (Å²) in [5, 5.41) is 3.87. The summed E-state index contributed by atoms with van der Waals surface area (Å²) in [5.41, 5.74) is 7.06. The van der Waals surface area contributed by atoms with Crippen LogP contribution >= 0.6 is 11.3 Å². The number of rotatable bonds is 4. The lowest BCUT2D eigenvalue weighted by molar-refractivity contribution is -0.122. The molecular formula is C20H28N4O2S. The van der Waals surface area contributed by atoms with Crippen molar-refractivity contribution in [2.45, 2.75) is 76.8 Å². The van der Waals surface area contributed by atoms with Gasteiger partial charge in [0.15, 0.2) is 0 Å². The van der Waals surface area contributed by atoms with Gasteiger partial charge in [-0.1, -0.05) is 6.92 Å². The van der Waals surface area contributed by atoms with Crippen molar-refractivity contribution in [2.75, 3.05) is 0 Å². The fraction of sp³-hybridized carbons (Fsp3) is 0.650. The van der Waals surface area contributed by atoms with Crippen LogP contribution in [0.25, 0.3) is 10.2 Å². The van der Waals surface area contributed by atoms with Crippen LogP contribution in [-0.2, 0) is 24.1 Å². The molecule has 0 aliphatic heterocycles. The molecule has 2 heterocycles. The molecule has 0 radical (unpaired) electrons. The molecule has 0 spiro atoms. The number of carbonyl (C=O) groups excluding carboxylic acids is 1. The van der Waals surface area contributed by atoms with Gasteiger partial charge >= 0.3 is 0 Å². The molecule has 146 valence electrons. The van der Waals surface area contributed by atoms with Crippen LogP contribution in [0.15, 0.2) is 4.79 Å². The topological polar surface area (TPSA) is 101 Å². The highest BCUT2D eigenvalue weighted by Crippen LogP contribution is 2.35. The molecule has 2 aliphatic rings. The zero-order valence-corrected chi connectivity index (χ0v) is 16.7. The van der Waals surface area contributed by atoms with Gasteiger partial charge in [-0.15, -0.1) is 11.3 Å². The van der Waals surface area contributed by atoms with Crippen LogP contribution in [0.2, 0.25) is 0 Å². The van der Waals surface area contributed by atoms with Crippen LogP contribution < -0.4 is 16.6 Å². The number of hydrogen-bond donors (Lipinski definition) is 3. The SMILES string of the molecule is CC1CCc2c(sc3nc(CCC(=O)NC4CCC(N)CC4)[nH]c(=O)c23)C1. The number of amides is 1. The molecule has 0 aromatic carbocycles. The van der Waals surface area contributed by atoms with Crippen molar-refractivity contribution in [1.29, 1.82) is 0 Å². The highest BCUT2D eigenvalue weighted by Gasteiger charge is 2.23. The van der Waals surface area contributed by atoms with Gasteiger partial charge < -0.3 is 16.0 Å². The fourth-order valence-corrected chi connectivity index (χ4v) is 5.71. The lowest BCUT2D eigenvalue weighted by Crippen LogP contribution is -2.40. The highest BCUT2D eigenvalue weighted by molar-refractivity contribution is 7.18. The maximum absolute atomic E-state index is 12.6. The first-order valence-corrected chi connectivity index (χ1v) is 10.9. The number of thiophene rings is 1. The van der Waals surface area contributed by atoms with Crippen molar-refractivity contribution in [3.05, 3.63) is 26.6 Å². The predicted octanol–water partition coefficient (Wildman–Crippen LogP) is 2.43. The molecule has 2 aromatic heterocycles. The monoisotopic (exact) mass is 388 g/mol. The van der Waals surface area contributed by atoms with Gasteiger partial charge in [-0.2, -0.15) is 0 Å². The number of nitrogens with zero attached hydrogens (tertiary/aromatic N) is 1. The molecule has 1 saturated carbocycles. The molecule has 1 fully saturated rings. The van der Waals surface area contributed by atoms with Gasteiger partial charge in [0.2, 0.25) is 5.91 Å². The third-order valence-electron chi connectivity index (χ3n) is 5.94. The van der Waals surface area contributed by atoms with Crippen molar-refractivity contribution in [3.8, 4) is 0 Å². The molecule has 4 rings (SSSR count). The van der Waals surface area contributed by atoms with E-state index in [1.165, 1.54) is 10.4 Å². The van der Waals surface area contributed by atoms with E-state index >= 15 is 0 Å². The molecule has 1 amide bonds. The summed E-state index contributed by atoms with van der Waals surface area (Å²) < 4.78 is 0. The van der Waals surface area contributed by atoms with Crippen molar-refractivity contribution in [3.63, 3.8) is 0 Å².